The van der Waals surface area contributed by atoms with E-state index in [-0.39, 0.29) is 11.8 Å². The quantitative estimate of drug-likeness (QED) is 0.107. The van der Waals surface area contributed by atoms with Crippen LogP contribution in [0, 0.1) is 17.3 Å². The molecule has 2 amide bonds. The molecule has 4 aromatic rings. The average molecular weight is 637 g/mol. The lowest BCUT2D eigenvalue weighted by atomic mass is 9.61. The lowest BCUT2D eigenvalue weighted by Gasteiger charge is -2.58. The third-order valence-corrected chi connectivity index (χ3v) is 9.69. The number of aromatic nitrogens is 4. The minimum atomic E-state index is -0.132. The molecule has 1 saturated carbocycles. The van der Waals surface area contributed by atoms with Crippen LogP contribution in [0.3, 0.4) is 0 Å². The fourth-order valence-corrected chi connectivity index (χ4v) is 7.13. The third kappa shape index (κ3) is 8.07. The van der Waals surface area contributed by atoms with Gasteiger partial charge in [-0.15, -0.1) is 11.8 Å². The number of thioether (sulfide) groups is 1. The Balaban J connectivity index is 1.06. The van der Waals surface area contributed by atoms with Crippen molar-refractivity contribution in [2.75, 3.05) is 32.7 Å². The summed E-state index contributed by atoms with van der Waals surface area (Å²) in [4.78, 5) is 29.0. The summed E-state index contributed by atoms with van der Waals surface area (Å²) in [6, 6.07) is 15.3. The summed E-state index contributed by atoms with van der Waals surface area (Å²) in [7, 11) is 1.90. The van der Waals surface area contributed by atoms with Crippen molar-refractivity contribution in [2.24, 2.45) is 18.2 Å². The number of nitrogens with one attached hydrogen (secondary N) is 3. The van der Waals surface area contributed by atoms with Crippen LogP contribution in [0.2, 0.25) is 0 Å². The fraction of sp³-hybridized carbons (Fsp3) is 0.371. The van der Waals surface area contributed by atoms with Crippen molar-refractivity contribution in [3.8, 4) is 11.8 Å². The van der Waals surface area contributed by atoms with Gasteiger partial charge in [-0.3, -0.25) is 19.4 Å². The first-order valence-corrected chi connectivity index (χ1v) is 16.7. The molecule has 1 spiro atoms. The van der Waals surface area contributed by atoms with Crippen LogP contribution in [0.1, 0.15) is 62.4 Å². The minimum absolute atomic E-state index is 0.0860. The molecule has 11 heteroatoms. The van der Waals surface area contributed by atoms with Gasteiger partial charge in [-0.05, 0) is 85.2 Å². The highest BCUT2D eigenvalue weighted by Gasteiger charge is 2.50. The summed E-state index contributed by atoms with van der Waals surface area (Å²) in [6.07, 6.45) is 9.51. The van der Waals surface area contributed by atoms with E-state index in [0.717, 1.165) is 72.6 Å². The first-order chi connectivity index (χ1) is 22.3. The lowest BCUT2D eigenvalue weighted by molar-refractivity contribution is -0.0693. The van der Waals surface area contributed by atoms with E-state index < -0.39 is 0 Å². The van der Waals surface area contributed by atoms with Gasteiger partial charge in [-0.1, -0.05) is 11.8 Å². The van der Waals surface area contributed by atoms with Gasteiger partial charge in [0.25, 0.3) is 11.8 Å². The number of carbonyl (C=O) groups excluding carboxylic acids is 2. The van der Waals surface area contributed by atoms with E-state index in [9.17, 15) is 9.59 Å². The van der Waals surface area contributed by atoms with Gasteiger partial charge in [-0.2, -0.15) is 10.2 Å². The number of H-pyrrole nitrogens is 1. The molecule has 0 bridgehead atoms. The Morgan fingerprint density at radius 2 is 1.80 bits per heavy atom. The van der Waals surface area contributed by atoms with Crippen LogP contribution in [0.4, 0.5) is 0 Å². The van der Waals surface area contributed by atoms with Crippen LogP contribution in [0.25, 0.3) is 0 Å². The average Bonchev–Trinajstić information content (AvgIpc) is 3.71. The highest BCUT2D eigenvalue weighted by Crippen LogP contribution is 2.47. The second-order valence-corrected chi connectivity index (χ2v) is 13.4. The molecule has 1 aliphatic carbocycles. The van der Waals surface area contributed by atoms with E-state index in [4.69, 9.17) is 5.73 Å². The SMILES string of the molecule is Cn1ccc(CSc2ccc(C(=O)NCCCc3cn[nH]c3)cc2C#Cc2ccc(C(=O)NCCN3CC4(CC(N)C4)C3)cc2)n1. The van der Waals surface area contributed by atoms with Crippen LogP contribution < -0.4 is 16.4 Å². The van der Waals surface area contributed by atoms with Gasteiger partial charge in [0.1, 0.15) is 0 Å². The van der Waals surface area contributed by atoms with Crippen molar-refractivity contribution in [3.63, 3.8) is 0 Å². The maximum Gasteiger partial charge on any atom is 0.251 e. The Hall–Kier alpha value is -4.37. The monoisotopic (exact) mass is 636 g/mol. The van der Waals surface area contributed by atoms with Crippen molar-refractivity contribution in [1.29, 1.82) is 0 Å². The number of aryl methyl sites for hydroxylation is 2. The lowest BCUT2D eigenvalue weighted by Crippen LogP contribution is -2.65. The zero-order valence-electron chi connectivity index (χ0n) is 26.1. The zero-order valence-corrected chi connectivity index (χ0v) is 26.9. The number of aromatic amines is 1. The molecule has 10 nitrogen and oxygen atoms in total. The van der Waals surface area contributed by atoms with Crippen molar-refractivity contribution >= 4 is 23.6 Å². The molecule has 0 radical (unpaired) electrons. The topological polar surface area (TPSA) is 134 Å². The van der Waals surface area contributed by atoms with Crippen LogP contribution in [0.15, 0.2) is 72.0 Å². The Bertz CT molecular complexity index is 1710. The van der Waals surface area contributed by atoms with E-state index in [1.54, 1.807) is 34.8 Å². The summed E-state index contributed by atoms with van der Waals surface area (Å²) in [6.45, 7) is 4.22. The van der Waals surface area contributed by atoms with Gasteiger partial charge in [0.2, 0.25) is 0 Å². The molecule has 2 aliphatic rings. The number of nitrogens with zero attached hydrogens (tertiary/aromatic N) is 4. The van der Waals surface area contributed by atoms with E-state index in [1.807, 2.05) is 55.8 Å². The van der Waals surface area contributed by atoms with E-state index in [1.165, 1.54) is 0 Å². The van der Waals surface area contributed by atoms with Crippen LogP contribution in [-0.4, -0.2) is 75.5 Å². The summed E-state index contributed by atoms with van der Waals surface area (Å²) >= 11 is 1.63. The number of hydrogen-bond donors (Lipinski definition) is 4. The molecule has 0 atom stereocenters. The van der Waals surface area contributed by atoms with Crippen molar-refractivity contribution in [3.05, 3.63) is 101 Å². The molecule has 1 saturated heterocycles. The summed E-state index contributed by atoms with van der Waals surface area (Å²) in [5, 5.41) is 17.3. The molecule has 2 aromatic heterocycles. The molecule has 3 heterocycles. The van der Waals surface area contributed by atoms with Gasteiger partial charge in [0.15, 0.2) is 0 Å². The van der Waals surface area contributed by atoms with Crippen LogP contribution in [0.5, 0.6) is 0 Å². The number of amides is 2. The fourth-order valence-electron chi connectivity index (χ4n) is 6.24. The van der Waals surface area contributed by atoms with Crippen molar-refractivity contribution in [2.45, 2.75) is 42.4 Å². The first-order valence-electron chi connectivity index (χ1n) is 15.7. The Morgan fingerprint density at radius 1 is 1.04 bits per heavy atom. The molecule has 6 rings (SSSR count). The van der Waals surface area contributed by atoms with E-state index >= 15 is 0 Å². The number of carbonyl (C=O) groups is 2. The summed E-state index contributed by atoms with van der Waals surface area (Å²) in [5.74, 6) is 6.97. The molecule has 238 valence electrons. The molecule has 5 N–H and O–H groups in total. The third-order valence-electron chi connectivity index (χ3n) is 8.58. The van der Waals surface area contributed by atoms with Crippen molar-refractivity contribution in [1.82, 2.24) is 35.5 Å². The molecule has 46 heavy (non-hydrogen) atoms. The van der Waals surface area contributed by atoms with Gasteiger partial charge < -0.3 is 21.3 Å². The Labute approximate surface area is 273 Å². The first kappa shape index (κ1) is 31.6. The summed E-state index contributed by atoms with van der Waals surface area (Å²) in [5.41, 5.74) is 11.2. The van der Waals surface area contributed by atoms with Gasteiger partial charge in [0, 0.05) is 91.1 Å². The minimum Gasteiger partial charge on any atom is -0.352 e. The molecular weight excluding hydrogens is 597 g/mol. The molecule has 0 unspecified atom stereocenters. The maximum absolute atomic E-state index is 13.0. The number of benzene rings is 2. The largest absolute Gasteiger partial charge is 0.352 e. The van der Waals surface area contributed by atoms with Crippen LogP contribution in [-0.2, 0) is 19.2 Å². The normalized spacial score (nSPS) is 15.4. The Morgan fingerprint density at radius 3 is 2.52 bits per heavy atom. The van der Waals surface area contributed by atoms with E-state index in [0.29, 0.717) is 41.4 Å². The molecule has 2 aromatic carbocycles. The Kier molecular flexibility index (Phi) is 9.88. The number of likely N-dealkylation sites (tertiary alicyclic amines) is 1. The molecular formula is C35H40N8O2S. The van der Waals surface area contributed by atoms with Gasteiger partial charge in [-0.25, -0.2) is 0 Å². The second kappa shape index (κ2) is 14.4. The second-order valence-electron chi connectivity index (χ2n) is 12.4. The number of rotatable bonds is 12. The zero-order chi connectivity index (χ0) is 31.9. The standard InChI is InChI=1S/C35H40N8O2S/c1-42-15-12-31(41-42)22-46-32-11-10-29(34(45)37-13-2-3-26-20-39-40-21-26)17-28(32)9-6-25-4-7-27(8-5-25)33(44)38-14-16-43-23-35(24-43)18-30(36)19-35/h4-5,7-8,10-12,15,17,20-21,30H,2-3,13-14,16,18-19,22-24,36H2,1H3,(H,37,45)(H,38,44)(H,39,40). The number of hydrogen-bond acceptors (Lipinski definition) is 7. The van der Waals surface area contributed by atoms with Crippen molar-refractivity contribution < 1.29 is 9.59 Å². The smallest absolute Gasteiger partial charge is 0.251 e. The number of nitrogens with two attached hydrogens (primary N) is 1. The van der Waals surface area contributed by atoms with Gasteiger partial charge in [0.05, 0.1) is 11.9 Å². The van der Waals surface area contributed by atoms with Gasteiger partial charge >= 0.3 is 0 Å². The highest BCUT2D eigenvalue weighted by atomic mass is 32.2. The summed E-state index contributed by atoms with van der Waals surface area (Å²) < 4.78 is 1.79. The predicted molar refractivity (Wildman–Crippen MR) is 179 cm³/mol. The molecule has 2 fully saturated rings. The highest BCUT2D eigenvalue weighted by molar-refractivity contribution is 7.98. The van der Waals surface area contributed by atoms with Crippen LogP contribution >= 0.6 is 11.8 Å². The predicted octanol–water partition coefficient (Wildman–Crippen LogP) is 3.35. The van der Waals surface area contributed by atoms with E-state index in [2.05, 4.69) is 42.7 Å². The maximum atomic E-state index is 13.0. The molecule has 1 aliphatic heterocycles.